The average molecular weight is 259 g/mol. The van der Waals surface area contributed by atoms with Crippen LogP contribution < -0.4 is 5.32 Å². The minimum atomic E-state index is -0.954. The maximum atomic E-state index is 11.5. The van der Waals surface area contributed by atoms with Crippen LogP contribution in [0.15, 0.2) is 0 Å². The highest BCUT2D eigenvalue weighted by Gasteiger charge is 2.29. The lowest BCUT2D eigenvalue weighted by Crippen LogP contribution is -2.44. The number of carbonyl (C=O) groups excluding carboxylic acids is 1. The number of nitrogens with one attached hydrogen (secondary N) is 1. The molecule has 104 valence electrons. The quantitative estimate of drug-likeness (QED) is 0.677. The predicted molar refractivity (Wildman–Crippen MR) is 64.4 cm³/mol. The topological polar surface area (TPSA) is 84.9 Å². The zero-order valence-corrected chi connectivity index (χ0v) is 10.7. The molecule has 0 spiro atoms. The Labute approximate surface area is 107 Å². The van der Waals surface area contributed by atoms with Crippen molar-refractivity contribution in [2.75, 3.05) is 13.2 Å². The van der Waals surface area contributed by atoms with E-state index >= 15 is 0 Å². The van der Waals surface area contributed by atoms with Crippen LogP contribution in [0.4, 0.5) is 4.79 Å². The average Bonchev–Trinajstić information content (AvgIpc) is 2.81. The molecule has 18 heavy (non-hydrogen) atoms. The van der Waals surface area contributed by atoms with Crippen LogP contribution in [0.5, 0.6) is 0 Å². The van der Waals surface area contributed by atoms with Crippen LogP contribution in [0.1, 0.15) is 39.0 Å². The van der Waals surface area contributed by atoms with E-state index in [-0.39, 0.29) is 12.5 Å². The molecule has 0 bridgehead atoms. The molecule has 1 aliphatic rings. The molecule has 0 radical (unpaired) electrons. The van der Waals surface area contributed by atoms with Crippen LogP contribution in [-0.4, -0.2) is 42.5 Å². The Morgan fingerprint density at radius 2 is 2.33 bits per heavy atom. The first kappa shape index (κ1) is 14.8. The Bertz CT molecular complexity index is 276. The Morgan fingerprint density at radius 1 is 1.56 bits per heavy atom. The zero-order chi connectivity index (χ0) is 13.4. The highest BCUT2D eigenvalue weighted by molar-refractivity contribution is 5.71. The van der Waals surface area contributed by atoms with E-state index in [1.165, 1.54) is 0 Å². The summed E-state index contributed by atoms with van der Waals surface area (Å²) in [5, 5.41) is 11.4. The van der Waals surface area contributed by atoms with Gasteiger partial charge in [0.25, 0.3) is 0 Å². The van der Waals surface area contributed by atoms with E-state index in [0.717, 1.165) is 25.7 Å². The molecule has 1 heterocycles. The molecule has 1 rings (SSSR count). The molecule has 6 heteroatoms. The summed E-state index contributed by atoms with van der Waals surface area (Å²) in [4.78, 5) is 22.2. The maximum Gasteiger partial charge on any atom is 0.407 e. The van der Waals surface area contributed by atoms with Gasteiger partial charge in [-0.05, 0) is 19.3 Å². The largest absolute Gasteiger partial charge is 0.481 e. The summed E-state index contributed by atoms with van der Waals surface area (Å²) < 4.78 is 10.4. The number of hydrogen-bond acceptors (Lipinski definition) is 4. The van der Waals surface area contributed by atoms with Crippen molar-refractivity contribution >= 4 is 12.1 Å². The number of aliphatic carboxylic acids is 1. The minimum absolute atomic E-state index is 0.145. The van der Waals surface area contributed by atoms with Gasteiger partial charge in [0.1, 0.15) is 0 Å². The number of carbonyl (C=O) groups is 2. The molecule has 2 N–H and O–H groups in total. The van der Waals surface area contributed by atoms with Crippen LogP contribution in [0.25, 0.3) is 0 Å². The summed E-state index contributed by atoms with van der Waals surface area (Å²) in [6, 6.07) is -0.515. The van der Waals surface area contributed by atoms with Gasteiger partial charge in [0, 0.05) is 6.61 Å². The summed E-state index contributed by atoms with van der Waals surface area (Å²) in [5.74, 6) is -0.954. The van der Waals surface area contributed by atoms with Crippen molar-refractivity contribution < 1.29 is 24.2 Å². The summed E-state index contributed by atoms with van der Waals surface area (Å²) >= 11 is 0. The standard InChI is InChI=1S/C12H21NO5/c1-2-3-6-18-12(16)13-9(8-11(14)15)10-5-4-7-17-10/h9-10H,2-8H2,1H3,(H,13,16)(H,14,15). The van der Waals surface area contributed by atoms with E-state index in [4.69, 9.17) is 14.6 Å². The molecule has 2 unspecified atom stereocenters. The molecule has 2 atom stereocenters. The summed E-state index contributed by atoms with van der Waals surface area (Å²) in [5.41, 5.74) is 0. The predicted octanol–water partition coefficient (Wildman–Crippen LogP) is 1.53. The van der Waals surface area contributed by atoms with Gasteiger partial charge in [0.2, 0.25) is 0 Å². The lowest BCUT2D eigenvalue weighted by molar-refractivity contribution is -0.138. The number of rotatable bonds is 7. The molecule has 1 amide bonds. The van der Waals surface area contributed by atoms with Crippen LogP contribution >= 0.6 is 0 Å². The van der Waals surface area contributed by atoms with Gasteiger partial charge >= 0.3 is 12.1 Å². The van der Waals surface area contributed by atoms with E-state index in [1.54, 1.807) is 0 Å². The van der Waals surface area contributed by atoms with Crippen molar-refractivity contribution in [3.8, 4) is 0 Å². The van der Waals surface area contributed by atoms with Crippen LogP contribution in [0.2, 0.25) is 0 Å². The van der Waals surface area contributed by atoms with Gasteiger partial charge in [-0.3, -0.25) is 4.79 Å². The van der Waals surface area contributed by atoms with Gasteiger partial charge in [-0.2, -0.15) is 0 Å². The number of alkyl carbamates (subject to hydrolysis) is 1. The van der Waals surface area contributed by atoms with Crippen molar-refractivity contribution in [3.05, 3.63) is 0 Å². The number of hydrogen-bond donors (Lipinski definition) is 2. The van der Waals surface area contributed by atoms with Gasteiger partial charge in [0.15, 0.2) is 0 Å². The molecule has 0 aromatic heterocycles. The fourth-order valence-electron chi connectivity index (χ4n) is 1.89. The zero-order valence-electron chi connectivity index (χ0n) is 10.7. The molecule has 6 nitrogen and oxygen atoms in total. The number of carboxylic acid groups (broad SMARTS) is 1. The second-order valence-electron chi connectivity index (χ2n) is 4.39. The molecule has 1 saturated heterocycles. The van der Waals surface area contributed by atoms with E-state index < -0.39 is 18.1 Å². The number of unbranched alkanes of at least 4 members (excludes halogenated alkanes) is 1. The molecule has 0 aromatic carbocycles. The first-order valence-electron chi connectivity index (χ1n) is 6.40. The van der Waals surface area contributed by atoms with Crippen LogP contribution in [0.3, 0.4) is 0 Å². The Morgan fingerprint density at radius 3 is 2.89 bits per heavy atom. The Balaban J connectivity index is 2.39. The normalized spacial score (nSPS) is 20.4. The SMILES string of the molecule is CCCCOC(=O)NC(CC(=O)O)C1CCCO1. The third kappa shape index (κ3) is 5.35. The molecule has 1 aliphatic heterocycles. The lowest BCUT2D eigenvalue weighted by Gasteiger charge is -2.22. The van der Waals surface area contributed by atoms with E-state index in [0.29, 0.717) is 13.2 Å². The van der Waals surface area contributed by atoms with Gasteiger partial charge in [-0.25, -0.2) is 4.79 Å². The van der Waals surface area contributed by atoms with Crippen molar-refractivity contribution in [3.63, 3.8) is 0 Å². The van der Waals surface area contributed by atoms with Crippen molar-refractivity contribution in [2.45, 2.75) is 51.2 Å². The van der Waals surface area contributed by atoms with Crippen LogP contribution in [-0.2, 0) is 14.3 Å². The van der Waals surface area contributed by atoms with E-state index in [2.05, 4.69) is 5.32 Å². The molecular formula is C12H21NO5. The number of carboxylic acids is 1. The smallest absolute Gasteiger partial charge is 0.407 e. The second-order valence-corrected chi connectivity index (χ2v) is 4.39. The third-order valence-electron chi connectivity index (χ3n) is 2.84. The summed E-state index contributed by atoms with van der Waals surface area (Å²) in [6.07, 6.45) is 2.48. The fraction of sp³-hybridized carbons (Fsp3) is 0.833. The monoisotopic (exact) mass is 259 g/mol. The van der Waals surface area contributed by atoms with Gasteiger partial charge < -0.3 is 19.9 Å². The Kier molecular flexibility index (Phi) is 6.49. The number of ether oxygens (including phenoxy) is 2. The van der Waals surface area contributed by atoms with Crippen molar-refractivity contribution in [1.82, 2.24) is 5.32 Å². The maximum absolute atomic E-state index is 11.5. The van der Waals surface area contributed by atoms with Gasteiger partial charge in [0.05, 0.1) is 25.2 Å². The first-order chi connectivity index (χ1) is 8.63. The summed E-state index contributed by atoms with van der Waals surface area (Å²) in [7, 11) is 0. The summed E-state index contributed by atoms with van der Waals surface area (Å²) in [6.45, 7) is 2.97. The molecule has 0 aliphatic carbocycles. The molecule has 0 aromatic rings. The Hall–Kier alpha value is -1.30. The van der Waals surface area contributed by atoms with E-state index in [9.17, 15) is 9.59 Å². The van der Waals surface area contributed by atoms with E-state index in [1.807, 2.05) is 6.92 Å². The number of amides is 1. The van der Waals surface area contributed by atoms with Crippen molar-refractivity contribution in [1.29, 1.82) is 0 Å². The fourth-order valence-corrected chi connectivity index (χ4v) is 1.89. The minimum Gasteiger partial charge on any atom is -0.481 e. The lowest BCUT2D eigenvalue weighted by atomic mass is 10.1. The first-order valence-corrected chi connectivity index (χ1v) is 6.40. The highest BCUT2D eigenvalue weighted by atomic mass is 16.5. The second kappa shape index (κ2) is 7.92. The van der Waals surface area contributed by atoms with Gasteiger partial charge in [-0.15, -0.1) is 0 Å². The van der Waals surface area contributed by atoms with Crippen molar-refractivity contribution in [2.24, 2.45) is 0 Å². The van der Waals surface area contributed by atoms with Gasteiger partial charge in [-0.1, -0.05) is 13.3 Å². The highest BCUT2D eigenvalue weighted by Crippen LogP contribution is 2.17. The van der Waals surface area contributed by atoms with Crippen LogP contribution in [0, 0.1) is 0 Å². The molecule has 0 saturated carbocycles. The molecule has 1 fully saturated rings. The molecular weight excluding hydrogens is 238 g/mol. The third-order valence-corrected chi connectivity index (χ3v) is 2.84.